The molecule has 1 aliphatic rings. The Balaban J connectivity index is 1.33. The van der Waals surface area contributed by atoms with Crippen LogP contribution in [0.1, 0.15) is 0 Å². The van der Waals surface area contributed by atoms with Crippen LogP contribution in [0.2, 0.25) is 0 Å². The first-order chi connectivity index (χ1) is 12.3. The van der Waals surface area contributed by atoms with Crippen LogP contribution in [0.3, 0.4) is 0 Å². The predicted octanol–water partition coefficient (Wildman–Crippen LogP) is 2.16. The third-order valence-corrected chi connectivity index (χ3v) is 3.87. The second-order valence-electron chi connectivity index (χ2n) is 5.85. The number of nitrogens with one attached hydrogen (secondary N) is 1. The first kappa shape index (κ1) is 15.3. The quantitative estimate of drug-likeness (QED) is 0.774. The maximum absolute atomic E-state index is 12.0. The van der Waals surface area contributed by atoms with Gasteiger partial charge in [-0.15, -0.1) is 0 Å². The Morgan fingerprint density at radius 3 is 2.84 bits per heavy atom. The van der Waals surface area contributed by atoms with Gasteiger partial charge in [0.25, 0.3) is 0 Å². The zero-order valence-corrected chi connectivity index (χ0v) is 13.5. The van der Waals surface area contributed by atoms with Gasteiger partial charge in [-0.1, -0.05) is 12.1 Å². The molecule has 2 aromatic heterocycles. The summed E-state index contributed by atoms with van der Waals surface area (Å²) in [6.07, 6.45) is 6.99. The smallest absolute Gasteiger partial charge is 0.244 e. The number of nitrogens with zero attached hydrogens (tertiary/aromatic N) is 3. The van der Waals surface area contributed by atoms with Crippen LogP contribution >= 0.6 is 0 Å². The molecule has 0 unspecified atom stereocenters. The number of hydrogen-bond acceptors (Lipinski definition) is 4. The van der Waals surface area contributed by atoms with E-state index in [1.165, 1.54) is 0 Å². The molecule has 0 spiro atoms. The average molecular weight is 338 g/mol. The summed E-state index contributed by atoms with van der Waals surface area (Å²) in [6.45, 7) is 1.28. The Hall–Kier alpha value is -3.22. The van der Waals surface area contributed by atoms with E-state index in [4.69, 9.17) is 9.47 Å². The van der Waals surface area contributed by atoms with Crippen molar-refractivity contribution >= 4 is 11.6 Å². The molecule has 0 radical (unpaired) electrons. The van der Waals surface area contributed by atoms with Crippen LogP contribution in [-0.4, -0.2) is 33.0 Å². The first-order valence-electron chi connectivity index (χ1n) is 8.08. The van der Waals surface area contributed by atoms with Gasteiger partial charge in [-0.05, 0) is 24.3 Å². The molecule has 128 valence electrons. The number of carbonyl (C=O) groups is 1. The van der Waals surface area contributed by atoms with Crippen molar-refractivity contribution in [3.05, 3.63) is 61.2 Å². The highest BCUT2D eigenvalue weighted by Crippen LogP contribution is 2.31. The third kappa shape index (κ3) is 3.65. The fourth-order valence-corrected chi connectivity index (χ4v) is 2.73. The number of hydrogen-bond donors (Lipinski definition) is 1. The molecule has 0 saturated carbocycles. The van der Waals surface area contributed by atoms with Crippen LogP contribution < -0.4 is 14.8 Å². The summed E-state index contributed by atoms with van der Waals surface area (Å²) in [5, 5.41) is 7.11. The number of ether oxygens (including phenoxy) is 2. The van der Waals surface area contributed by atoms with E-state index in [1.54, 1.807) is 17.1 Å². The Morgan fingerprint density at radius 1 is 1.20 bits per heavy atom. The minimum Gasteiger partial charge on any atom is -0.486 e. The van der Waals surface area contributed by atoms with Gasteiger partial charge in [0, 0.05) is 18.6 Å². The van der Waals surface area contributed by atoms with Crippen LogP contribution in [-0.2, 0) is 17.9 Å². The summed E-state index contributed by atoms with van der Waals surface area (Å²) in [7, 11) is 0. The Kier molecular flexibility index (Phi) is 4.12. The molecule has 3 aromatic rings. The maximum atomic E-state index is 12.0. The molecule has 1 aromatic carbocycles. The molecule has 1 atom stereocenters. The van der Waals surface area contributed by atoms with Gasteiger partial charge in [0.2, 0.25) is 5.91 Å². The number of carbonyl (C=O) groups excluding carboxylic acids is 1. The second-order valence-corrected chi connectivity index (χ2v) is 5.85. The van der Waals surface area contributed by atoms with Crippen LogP contribution in [0.25, 0.3) is 0 Å². The molecule has 3 heterocycles. The van der Waals surface area contributed by atoms with Crippen LogP contribution in [0.15, 0.2) is 61.2 Å². The lowest BCUT2D eigenvalue weighted by atomic mass is 10.2. The number of rotatable bonds is 5. The molecule has 0 bridgehead atoms. The van der Waals surface area contributed by atoms with Gasteiger partial charge in [0.15, 0.2) is 17.6 Å². The van der Waals surface area contributed by atoms with Gasteiger partial charge in [-0.2, -0.15) is 5.10 Å². The second kappa shape index (κ2) is 6.72. The van der Waals surface area contributed by atoms with Crippen molar-refractivity contribution in [2.24, 2.45) is 0 Å². The summed E-state index contributed by atoms with van der Waals surface area (Å²) in [4.78, 5) is 12.0. The van der Waals surface area contributed by atoms with E-state index in [2.05, 4.69) is 10.4 Å². The average Bonchev–Trinajstić information content (AvgIpc) is 3.27. The number of para-hydroxylation sites is 2. The van der Waals surface area contributed by atoms with Crippen molar-refractivity contribution in [3.63, 3.8) is 0 Å². The normalized spacial score (nSPS) is 15.8. The van der Waals surface area contributed by atoms with E-state index >= 15 is 0 Å². The Bertz CT molecular complexity index is 857. The molecule has 1 aliphatic heterocycles. The zero-order chi connectivity index (χ0) is 17.1. The summed E-state index contributed by atoms with van der Waals surface area (Å²) < 4.78 is 15.2. The minimum absolute atomic E-state index is 0.0954. The third-order valence-electron chi connectivity index (χ3n) is 3.87. The van der Waals surface area contributed by atoms with Gasteiger partial charge in [0.1, 0.15) is 13.2 Å². The van der Waals surface area contributed by atoms with E-state index in [1.807, 2.05) is 53.4 Å². The summed E-state index contributed by atoms with van der Waals surface area (Å²) in [5.41, 5.74) is 0.661. The van der Waals surface area contributed by atoms with Gasteiger partial charge >= 0.3 is 0 Å². The fraction of sp³-hybridized carbons (Fsp3) is 0.222. The molecule has 0 fully saturated rings. The first-order valence-corrected chi connectivity index (χ1v) is 8.08. The van der Waals surface area contributed by atoms with Crippen molar-refractivity contribution in [3.8, 4) is 11.5 Å². The minimum atomic E-state index is -0.127. The molecule has 1 N–H and O–H groups in total. The Morgan fingerprint density at radius 2 is 2.00 bits per heavy atom. The van der Waals surface area contributed by atoms with Crippen molar-refractivity contribution in [2.45, 2.75) is 19.2 Å². The maximum Gasteiger partial charge on any atom is 0.244 e. The highest BCUT2D eigenvalue weighted by atomic mass is 16.6. The van der Waals surface area contributed by atoms with E-state index in [0.29, 0.717) is 18.8 Å². The molecule has 0 saturated heterocycles. The van der Waals surface area contributed by atoms with Crippen molar-refractivity contribution in [2.75, 3.05) is 11.9 Å². The van der Waals surface area contributed by atoms with Gasteiger partial charge in [0.05, 0.1) is 18.4 Å². The molecular weight excluding hydrogens is 320 g/mol. The van der Waals surface area contributed by atoms with Crippen LogP contribution in [0.4, 0.5) is 5.69 Å². The molecule has 4 rings (SSSR count). The number of aromatic nitrogens is 3. The van der Waals surface area contributed by atoms with Crippen molar-refractivity contribution in [1.29, 1.82) is 0 Å². The van der Waals surface area contributed by atoms with Gasteiger partial charge < -0.3 is 19.4 Å². The van der Waals surface area contributed by atoms with E-state index < -0.39 is 0 Å². The summed E-state index contributed by atoms with van der Waals surface area (Å²) >= 11 is 0. The topological polar surface area (TPSA) is 70.3 Å². The standard InChI is InChI=1S/C18H18N4O3/c23-18(12-21-7-3-4-8-21)20-14-9-19-22(10-14)11-15-13-24-16-5-1-2-6-17(16)25-15/h1-10,15H,11-13H2,(H,20,23)/t15-/m1/s1. The van der Waals surface area contributed by atoms with Crippen LogP contribution in [0.5, 0.6) is 11.5 Å². The number of anilines is 1. The number of fused-ring (bicyclic) bond motifs is 1. The number of benzene rings is 1. The zero-order valence-electron chi connectivity index (χ0n) is 13.5. The fourth-order valence-electron chi connectivity index (χ4n) is 2.73. The lowest BCUT2D eigenvalue weighted by Crippen LogP contribution is -2.33. The highest BCUT2D eigenvalue weighted by Gasteiger charge is 2.21. The number of amides is 1. The molecule has 7 heteroatoms. The lowest BCUT2D eigenvalue weighted by molar-refractivity contribution is -0.116. The molecule has 0 aliphatic carbocycles. The molecule has 1 amide bonds. The van der Waals surface area contributed by atoms with Gasteiger partial charge in [-0.25, -0.2) is 0 Å². The van der Waals surface area contributed by atoms with E-state index in [-0.39, 0.29) is 18.6 Å². The summed E-state index contributed by atoms with van der Waals surface area (Å²) in [6, 6.07) is 11.4. The highest BCUT2D eigenvalue weighted by molar-refractivity contribution is 5.90. The lowest BCUT2D eigenvalue weighted by Gasteiger charge is -2.26. The molecule has 25 heavy (non-hydrogen) atoms. The monoisotopic (exact) mass is 338 g/mol. The van der Waals surface area contributed by atoms with E-state index in [0.717, 1.165) is 11.5 Å². The molecular formula is C18H18N4O3. The largest absolute Gasteiger partial charge is 0.486 e. The molecule has 7 nitrogen and oxygen atoms in total. The SMILES string of the molecule is O=C(Cn1cccc1)Nc1cnn(C[C@@H]2COc3ccccc3O2)c1. The Labute approximate surface area is 144 Å². The predicted molar refractivity (Wildman–Crippen MR) is 91.6 cm³/mol. The summed E-state index contributed by atoms with van der Waals surface area (Å²) in [5.74, 6) is 1.41. The van der Waals surface area contributed by atoms with Gasteiger partial charge in [-0.3, -0.25) is 9.48 Å². The van der Waals surface area contributed by atoms with Crippen LogP contribution in [0, 0.1) is 0 Å². The van der Waals surface area contributed by atoms with E-state index in [9.17, 15) is 4.79 Å². The van der Waals surface area contributed by atoms with Crippen molar-refractivity contribution in [1.82, 2.24) is 14.3 Å². The van der Waals surface area contributed by atoms with Crippen molar-refractivity contribution < 1.29 is 14.3 Å².